The smallest absolute Gasteiger partial charge is 0.407 e. The SMILES string of the molecule is CC(C)(C)OC(=O)c1cccc(C(=O)Nc2cc(Nc3cnccn3)nc(-c3cccc(C4=CCN(C(=O)O)CC4)c3)c2)c1. The molecule has 0 atom stereocenters. The standard InChI is InChI=1S/C33H32N6O5/c1-33(2,3)44-31(41)25-9-5-8-24(17-25)30(40)36-26-18-27(37-28(19-26)38-29-20-34-12-13-35-29)23-7-4-6-22(16-23)21-10-14-39(15-11-21)32(42)43/h4-10,12-13,16-20H,11,14-15H2,1-3H3,(H,42,43)(H2,35,36,37,38,40). The van der Waals surface area contributed by atoms with Crippen molar-refractivity contribution in [1.82, 2.24) is 19.9 Å². The average molecular weight is 593 g/mol. The maximum absolute atomic E-state index is 13.3. The van der Waals surface area contributed by atoms with Gasteiger partial charge in [-0.15, -0.1) is 0 Å². The Morgan fingerprint density at radius 1 is 0.932 bits per heavy atom. The second kappa shape index (κ2) is 12.7. The molecular weight excluding hydrogens is 560 g/mol. The van der Waals surface area contributed by atoms with Crippen LogP contribution in [0.3, 0.4) is 0 Å². The largest absolute Gasteiger partial charge is 0.465 e. The Bertz CT molecular complexity index is 1730. The molecule has 0 saturated heterocycles. The molecule has 5 rings (SSSR count). The van der Waals surface area contributed by atoms with E-state index in [9.17, 15) is 19.5 Å². The zero-order valence-corrected chi connectivity index (χ0v) is 24.6. The number of benzene rings is 2. The van der Waals surface area contributed by atoms with Gasteiger partial charge in [-0.05, 0) is 68.7 Å². The van der Waals surface area contributed by atoms with Crippen LogP contribution in [-0.2, 0) is 4.74 Å². The third kappa shape index (κ3) is 7.62. The Morgan fingerprint density at radius 3 is 2.41 bits per heavy atom. The van der Waals surface area contributed by atoms with Crippen LogP contribution in [0.2, 0.25) is 0 Å². The van der Waals surface area contributed by atoms with Crippen LogP contribution in [0.15, 0.2) is 85.3 Å². The van der Waals surface area contributed by atoms with Crippen LogP contribution >= 0.6 is 0 Å². The first-order valence-corrected chi connectivity index (χ1v) is 14.0. The first-order chi connectivity index (χ1) is 21.0. The Kier molecular flexibility index (Phi) is 8.66. The predicted molar refractivity (Wildman–Crippen MR) is 167 cm³/mol. The molecule has 3 heterocycles. The molecule has 2 amide bonds. The number of esters is 1. The molecular formula is C33H32N6O5. The minimum Gasteiger partial charge on any atom is -0.465 e. The lowest BCUT2D eigenvalue weighted by atomic mass is 9.97. The number of carbonyl (C=O) groups excluding carboxylic acids is 2. The summed E-state index contributed by atoms with van der Waals surface area (Å²) in [5, 5.41) is 15.3. The average Bonchev–Trinajstić information content (AvgIpc) is 3.01. The molecule has 11 nitrogen and oxygen atoms in total. The number of hydrogen-bond donors (Lipinski definition) is 3. The third-order valence-electron chi connectivity index (χ3n) is 6.67. The fourth-order valence-electron chi connectivity index (χ4n) is 4.62. The van der Waals surface area contributed by atoms with Crippen LogP contribution in [0.4, 0.5) is 22.1 Å². The number of rotatable bonds is 7. The summed E-state index contributed by atoms with van der Waals surface area (Å²) in [6, 6.07) is 17.6. The summed E-state index contributed by atoms with van der Waals surface area (Å²) in [7, 11) is 0. The van der Waals surface area contributed by atoms with E-state index >= 15 is 0 Å². The molecule has 2 aromatic heterocycles. The molecule has 0 spiro atoms. The lowest BCUT2D eigenvalue weighted by Gasteiger charge is -2.24. The summed E-state index contributed by atoms with van der Waals surface area (Å²) < 4.78 is 5.45. The van der Waals surface area contributed by atoms with Gasteiger partial charge in [-0.25, -0.2) is 19.6 Å². The van der Waals surface area contributed by atoms with E-state index in [1.165, 1.54) is 11.0 Å². The van der Waals surface area contributed by atoms with Gasteiger partial charge in [-0.1, -0.05) is 30.3 Å². The van der Waals surface area contributed by atoms with Crippen LogP contribution in [0.5, 0.6) is 0 Å². The van der Waals surface area contributed by atoms with Crippen molar-refractivity contribution >= 4 is 40.9 Å². The lowest BCUT2D eigenvalue weighted by molar-refractivity contribution is 0.00694. The molecule has 0 bridgehead atoms. The van der Waals surface area contributed by atoms with E-state index in [-0.39, 0.29) is 11.1 Å². The zero-order valence-electron chi connectivity index (χ0n) is 24.6. The van der Waals surface area contributed by atoms with Gasteiger partial charge in [-0.3, -0.25) is 9.78 Å². The fraction of sp³-hybridized carbons (Fsp3) is 0.212. The molecule has 0 aliphatic carbocycles. The fourth-order valence-corrected chi connectivity index (χ4v) is 4.62. The van der Waals surface area contributed by atoms with Gasteiger partial charge < -0.3 is 25.4 Å². The summed E-state index contributed by atoms with van der Waals surface area (Å²) in [6.07, 6.45) is 6.27. The molecule has 44 heavy (non-hydrogen) atoms. The predicted octanol–water partition coefficient (Wildman–Crippen LogP) is 6.26. The van der Waals surface area contributed by atoms with E-state index in [2.05, 4.69) is 20.6 Å². The van der Waals surface area contributed by atoms with Crippen LogP contribution in [-0.4, -0.2) is 61.6 Å². The van der Waals surface area contributed by atoms with Gasteiger partial charge in [0.05, 0.1) is 17.5 Å². The van der Waals surface area contributed by atoms with Crippen LogP contribution in [0, 0.1) is 0 Å². The molecule has 11 heteroatoms. The summed E-state index contributed by atoms with van der Waals surface area (Å²) in [5.41, 5.74) is 3.76. The van der Waals surface area contributed by atoms with Gasteiger partial charge in [0.1, 0.15) is 17.2 Å². The summed E-state index contributed by atoms with van der Waals surface area (Å²) in [4.78, 5) is 51.7. The van der Waals surface area contributed by atoms with Gasteiger partial charge in [0.2, 0.25) is 0 Å². The molecule has 0 unspecified atom stereocenters. The van der Waals surface area contributed by atoms with Crippen molar-refractivity contribution in [2.45, 2.75) is 32.8 Å². The van der Waals surface area contributed by atoms with E-state index in [0.29, 0.717) is 42.5 Å². The van der Waals surface area contributed by atoms with Crippen LogP contribution in [0.1, 0.15) is 53.5 Å². The van der Waals surface area contributed by atoms with E-state index in [4.69, 9.17) is 9.72 Å². The van der Waals surface area contributed by atoms with Crippen molar-refractivity contribution in [2.75, 3.05) is 23.7 Å². The molecule has 0 radical (unpaired) electrons. The summed E-state index contributed by atoms with van der Waals surface area (Å²) in [6.45, 7) is 6.10. The number of anilines is 3. The molecule has 1 aliphatic rings. The normalized spacial score (nSPS) is 13.1. The quantitative estimate of drug-likeness (QED) is 0.212. The maximum atomic E-state index is 13.3. The van der Waals surface area contributed by atoms with E-state index in [0.717, 1.165) is 16.7 Å². The highest BCUT2D eigenvalue weighted by Crippen LogP contribution is 2.30. The number of aromatic nitrogens is 3. The van der Waals surface area contributed by atoms with Crippen molar-refractivity contribution in [3.63, 3.8) is 0 Å². The first-order valence-electron chi connectivity index (χ1n) is 14.0. The van der Waals surface area contributed by atoms with E-state index in [1.54, 1.807) is 69.7 Å². The van der Waals surface area contributed by atoms with Crippen molar-refractivity contribution < 1.29 is 24.2 Å². The van der Waals surface area contributed by atoms with Crippen molar-refractivity contribution in [3.8, 4) is 11.3 Å². The number of nitrogens with one attached hydrogen (secondary N) is 2. The Morgan fingerprint density at radius 2 is 1.70 bits per heavy atom. The van der Waals surface area contributed by atoms with Crippen molar-refractivity contribution in [3.05, 3.63) is 102 Å². The number of nitrogens with zero attached hydrogens (tertiary/aromatic N) is 4. The van der Waals surface area contributed by atoms with Gasteiger partial charge >= 0.3 is 12.1 Å². The second-order valence-corrected chi connectivity index (χ2v) is 11.2. The minimum absolute atomic E-state index is 0.272. The summed E-state index contributed by atoms with van der Waals surface area (Å²) >= 11 is 0. The topological polar surface area (TPSA) is 147 Å². The molecule has 1 aliphatic heterocycles. The number of pyridine rings is 1. The zero-order chi connectivity index (χ0) is 31.3. The lowest BCUT2D eigenvalue weighted by Crippen LogP contribution is -2.33. The number of ether oxygens (including phenoxy) is 1. The van der Waals surface area contributed by atoms with Crippen LogP contribution < -0.4 is 10.6 Å². The number of hydrogen-bond acceptors (Lipinski definition) is 8. The monoisotopic (exact) mass is 592 g/mol. The van der Waals surface area contributed by atoms with Gasteiger partial charge in [0, 0.05) is 48.4 Å². The van der Waals surface area contributed by atoms with E-state index < -0.39 is 23.6 Å². The molecule has 0 fully saturated rings. The summed E-state index contributed by atoms with van der Waals surface area (Å²) in [5.74, 6) is -0.0247. The Labute approximate surface area is 254 Å². The molecule has 4 aromatic rings. The number of carboxylic acid groups (broad SMARTS) is 1. The molecule has 0 saturated carbocycles. The van der Waals surface area contributed by atoms with Gasteiger partial charge in [-0.2, -0.15) is 0 Å². The maximum Gasteiger partial charge on any atom is 0.407 e. The molecule has 224 valence electrons. The van der Waals surface area contributed by atoms with Crippen LogP contribution in [0.25, 0.3) is 16.8 Å². The minimum atomic E-state index is -0.934. The van der Waals surface area contributed by atoms with E-state index in [1.807, 2.05) is 30.3 Å². The van der Waals surface area contributed by atoms with Crippen molar-refractivity contribution in [2.24, 2.45) is 0 Å². The third-order valence-corrected chi connectivity index (χ3v) is 6.67. The number of amides is 2. The highest BCUT2D eigenvalue weighted by Gasteiger charge is 2.20. The Hall–Kier alpha value is -5.58. The molecule has 3 N–H and O–H groups in total. The second-order valence-electron chi connectivity index (χ2n) is 11.2. The van der Waals surface area contributed by atoms with Gasteiger partial charge in [0.15, 0.2) is 0 Å². The highest BCUT2D eigenvalue weighted by molar-refractivity contribution is 6.06. The first kappa shape index (κ1) is 29.9. The van der Waals surface area contributed by atoms with Crippen molar-refractivity contribution in [1.29, 1.82) is 0 Å². The Balaban J connectivity index is 1.45. The number of carbonyl (C=O) groups is 3. The molecule has 2 aromatic carbocycles. The van der Waals surface area contributed by atoms with Gasteiger partial charge in [0.25, 0.3) is 5.91 Å². The highest BCUT2D eigenvalue weighted by atomic mass is 16.6.